The van der Waals surface area contributed by atoms with Gasteiger partial charge in [-0.3, -0.25) is 0 Å². The maximum Gasteiger partial charge on any atom is 0.130 e. The molecular weight excluding hydrogens is 250 g/mol. The maximum absolute atomic E-state index is 5.81. The van der Waals surface area contributed by atoms with Gasteiger partial charge in [0.1, 0.15) is 12.4 Å². The van der Waals surface area contributed by atoms with Gasteiger partial charge >= 0.3 is 0 Å². The minimum atomic E-state index is 0.183. The third kappa shape index (κ3) is 3.84. The fourth-order valence-corrected chi connectivity index (χ4v) is 2.16. The summed E-state index contributed by atoms with van der Waals surface area (Å²) in [7, 11) is 0. The molecule has 4 heteroatoms. The van der Waals surface area contributed by atoms with Gasteiger partial charge in [0.05, 0.1) is 18.2 Å². The van der Waals surface area contributed by atoms with Crippen molar-refractivity contribution < 1.29 is 4.74 Å². The summed E-state index contributed by atoms with van der Waals surface area (Å²) in [5.74, 6) is 0.870. The average molecular weight is 273 g/mol. The lowest BCUT2D eigenvalue weighted by Crippen LogP contribution is -2.17. The summed E-state index contributed by atoms with van der Waals surface area (Å²) in [6.07, 6.45) is 4.58. The van der Waals surface area contributed by atoms with E-state index in [0.717, 1.165) is 17.9 Å². The summed E-state index contributed by atoms with van der Waals surface area (Å²) in [6, 6.07) is 8.70. The molecule has 0 spiro atoms. The zero-order chi connectivity index (χ0) is 14.5. The fraction of sp³-hybridized carbons (Fsp3) is 0.438. The summed E-state index contributed by atoms with van der Waals surface area (Å²) in [5.41, 5.74) is 8.11. The topological polar surface area (TPSA) is 53.1 Å². The number of imidazole rings is 1. The van der Waals surface area contributed by atoms with Crippen LogP contribution in [0.25, 0.3) is 0 Å². The SMILES string of the molecule is CC(N)Cc1ccc(OCc2cncn2C(C)C)cc1. The van der Waals surface area contributed by atoms with Gasteiger partial charge in [0, 0.05) is 12.1 Å². The molecule has 0 bridgehead atoms. The molecule has 108 valence electrons. The Kier molecular flexibility index (Phi) is 4.79. The Hall–Kier alpha value is -1.81. The minimum absolute atomic E-state index is 0.183. The predicted molar refractivity (Wildman–Crippen MR) is 80.7 cm³/mol. The molecule has 1 atom stereocenters. The van der Waals surface area contributed by atoms with E-state index in [1.54, 1.807) is 0 Å². The molecule has 1 aromatic carbocycles. The van der Waals surface area contributed by atoms with Crippen LogP contribution in [-0.4, -0.2) is 15.6 Å². The van der Waals surface area contributed by atoms with E-state index in [2.05, 4.69) is 35.5 Å². The van der Waals surface area contributed by atoms with Crippen LogP contribution >= 0.6 is 0 Å². The molecule has 0 aliphatic heterocycles. The molecule has 2 N–H and O–H groups in total. The van der Waals surface area contributed by atoms with Gasteiger partial charge in [-0.25, -0.2) is 4.98 Å². The molecule has 0 saturated carbocycles. The highest BCUT2D eigenvalue weighted by Gasteiger charge is 2.06. The monoisotopic (exact) mass is 273 g/mol. The molecule has 0 aliphatic rings. The summed E-state index contributed by atoms with van der Waals surface area (Å²) >= 11 is 0. The van der Waals surface area contributed by atoms with E-state index in [1.807, 2.05) is 31.6 Å². The van der Waals surface area contributed by atoms with Crippen LogP contribution in [0.4, 0.5) is 0 Å². The highest BCUT2D eigenvalue weighted by Crippen LogP contribution is 2.16. The van der Waals surface area contributed by atoms with Gasteiger partial charge in [0.2, 0.25) is 0 Å². The Morgan fingerprint density at radius 3 is 2.50 bits per heavy atom. The van der Waals surface area contributed by atoms with Crippen LogP contribution in [-0.2, 0) is 13.0 Å². The van der Waals surface area contributed by atoms with Crippen LogP contribution in [0.15, 0.2) is 36.8 Å². The van der Waals surface area contributed by atoms with Gasteiger partial charge in [0.25, 0.3) is 0 Å². The van der Waals surface area contributed by atoms with Gasteiger partial charge in [-0.2, -0.15) is 0 Å². The van der Waals surface area contributed by atoms with E-state index in [-0.39, 0.29) is 6.04 Å². The van der Waals surface area contributed by atoms with Crippen molar-refractivity contribution in [2.75, 3.05) is 0 Å². The van der Waals surface area contributed by atoms with Crippen molar-refractivity contribution in [1.82, 2.24) is 9.55 Å². The van der Waals surface area contributed by atoms with Crippen LogP contribution in [0.1, 0.15) is 38.1 Å². The van der Waals surface area contributed by atoms with E-state index < -0.39 is 0 Å². The van der Waals surface area contributed by atoms with Gasteiger partial charge < -0.3 is 15.0 Å². The van der Waals surface area contributed by atoms with Gasteiger partial charge in [-0.05, 0) is 44.9 Å². The lowest BCUT2D eigenvalue weighted by atomic mass is 10.1. The Bertz CT molecular complexity index is 529. The van der Waals surface area contributed by atoms with Crippen molar-refractivity contribution >= 4 is 0 Å². The molecule has 20 heavy (non-hydrogen) atoms. The molecule has 0 saturated heterocycles. The second kappa shape index (κ2) is 6.57. The second-order valence-electron chi connectivity index (χ2n) is 5.50. The second-order valence-corrected chi connectivity index (χ2v) is 5.50. The molecule has 0 amide bonds. The van der Waals surface area contributed by atoms with E-state index in [9.17, 15) is 0 Å². The molecular formula is C16H23N3O. The highest BCUT2D eigenvalue weighted by molar-refractivity contribution is 5.27. The zero-order valence-electron chi connectivity index (χ0n) is 12.4. The Balaban J connectivity index is 1.95. The van der Waals surface area contributed by atoms with Gasteiger partial charge in [0.15, 0.2) is 0 Å². The van der Waals surface area contributed by atoms with Crippen LogP contribution in [0.5, 0.6) is 5.75 Å². The summed E-state index contributed by atoms with van der Waals surface area (Å²) in [4.78, 5) is 4.17. The number of aromatic nitrogens is 2. The van der Waals surface area contributed by atoms with E-state index in [4.69, 9.17) is 10.5 Å². The molecule has 2 aromatic rings. The van der Waals surface area contributed by atoms with Crippen LogP contribution in [0, 0.1) is 0 Å². The number of hydrogen-bond donors (Lipinski definition) is 1. The number of benzene rings is 1. The fourth-order valence-electron chi connectivity index (χ4n) is 2.16. The number of nitrogens with two attached hydrogens (primary N) is 1. The quantitative estimate of drug-likeness (QED) is 0.880. The lowest BCUT2D eigenvalue weighted by Gasteiger charge is -2.13. The Morgan fingerprint density at radius 1 is 1.20 bits per heavy atom. The van der Waals surface area contributed by atoms with Crippen molar-refractivity contribution in [3.63, 3.8) is 0 Å². The first kappa shape index (κ1) is 14.6. The molecule has 1 unspecified atom stereocenters. The molecule has 0 radical (unpaired) electrons. The van der Waals surface area contributed by atoms with Gasteiger partial charge in [-0.1, -0.05) is 12.1 Å². The molecule has 4 nitrogen and oxygen atoms in total. The Labute approximate surface area is 120 Å². The lowest BCUT2D eigenvalue weighted by molar-refractivity contribution is 0.292. The predicted octanol–water partition coefficient (Wildman–Crippen LogP) is 2.93. The Morgan fingerprint density at radius 2 is 1.90 bits per heavy atom. The standard InChI is InChI=1S/C16H23N3O/c1-12(2)19-11-18-9-15(19)10-20-16-6-4-14(5-7-16)8-13(3)17/h4-7,9,11-13H,8,10,17H2,1-3H3. The van der Waals surface area contributed by atoms with Gasteiger partial charge in [-0.15, -0.1) is 0 Å². The van der Waals surface area contributed by atoms with E-state index in [0.29, 0.717) is 12.6 Å². The van der Waals surface area contributed by atoms with Crippen molar-refractivity contribution in [3.8, 4) is 5.75 Å². The number of rotatable bonds is 6. The largest absolute Gasteiger partial charge is 0.487 e. The van der Waals surface area contributed by atoms with Crippen molar-refractivity contribution in [2.24, 2.45) is 5.73 Å². The first-order valence-electron chi connectivity index (χ1n) is 7.04. The molecule has 2 rings (SSSR count). The van der Waals surface area contributed by atoms with E-state index >= 15 is 0 Å². The van der Waals surface area contributed by atoms with Crippen molar-refractivity contribution in [2.45, 2.75) is 45.9 Å². The summed E-state index contributed by atoms with van der Waals surface area (Å²) < 4.78 is 7.92. The third-order valence-electron chi connectivity index (χ3n) is 3.17. The minimum Gasteiger partial charge on any atom is -0.487 e. The van der Waals surface area contributed by atoms with Crippen molar-refractivity contribution in [1.29, 1.82) is 0 Å². The summed E-state index contributed by atoms with van der Waals surface area (Å²) in [5, 5.41) is 0. The highest BCUT2D eigenvalue weighted by atomic mass is 16.5. The van der Waals surface area contributed by atoms with Crippen molar-refractivity contribution in [3.05, 3.63) is 48.0 Å². The smallest absolute Gasteiger partial charge is 0.130 e. The van der Waals surface area contributed by atoms with Crippen LogP contribution in [0.2, 0.25) is 0 Å². The number of hydrogen-bond acceptors (Lipinski definition) is 3. The first-order valence-corrected chi connectivity index (χ1v) is 7.04. The van der Waals surface area contributed by atoms with E-state index in [1.165, 1.54) is 5.56 Å². The molecule has 0 aliphatic carbocycles. The maximum atomic E-state index is 5.81. The number of nitrogens with zero attached hydrogens (tertiary/aromatic N) is 2. The summed E-state index contributed by atoms with van der Waals surface area (Å²) in [6.45, 7) is 6.81. The normalized spacial score (nSPS) is 12.7. The average Bonchev–Trinajstić information content (AvgIpc) is 2.86. The molecule has 1 heterocycles. The zero-order valence-corrected chi connectivity index (χ0v) is 12.4. The van der Waals surface area contributed by atoms with Crippen LogP contribution in [0.3, 0.4) is 0 Å². The molecule has 1 aromatic heterocycles. The number of ether oxygens (including phenoxy) is 1. The first-order chi connectivity index (χ1) is 9.56. The molecule has 0 fully saturated rings. The van der Waals surface area contributed by atoms with Crippen LogP contribution < -0.4 is 10.5 Å². The third-order valence-corrected chi connectivity index (χ3v) is 3.17.